The van der Waals surface area contributed by atoms with Gasteiger partial charge in [0.2, 0.25) is 0 Å². The zero-order chi connectivity index (χ0) is 17.2. The molecule has 1 N–H and O–H groups in total. The minimum atomic E-state index is -0.0920. The van der Waals surface area contributed by atoms with Crippen LogP contribution in [-0.2, 0) is 6.42 Å². The van der Waals surface area contributed by atoms with Gasteiger partial charge < -0.3 is 19.5 Å². The number of ether oxygens (including phenoxy) is 3. The van der Waals surface area contributed by atoms with E-state index in [1.54, 1.807) is 25.3 Å². The Bertz CT molecular complexity index is 802. The maximum atomic E-state index is 12.7. The highest BCUT2D eigenvalue weighted by Crippen LogP contribution is 2.34. The van der Waals surface area contributed by atoms with Crippen molar-refractivity contribution in [2.75, 3.05) is 20.3 Å². The largest absolute Gasteiger partial charge is 0.497 e. The molecule has 1 heterocycles. The smallest absolute Gasteiger partial charge is 0.251 e. The van der Waals surface area contributed by atoms with Crippen LogP contribution in [0.15, 0.2) is 36.4 Å². The number of carbonyl (C=O) groups is 1. The van der Waals surface area contributed by atoms with Crippen molar-refractivity contribution in [1.29, 1.82) is 0 Å². The highest BCUT2D eigenvalue weighted by atomic mass is 16.6. The molecule has 1 atom stereocenters. The summed E-state index contributed by atoms with van der Waals surface area (Å²) in [5, 5.41) is 3.16. The summed E-state index contributed by atoms with van der Waals surface area (Å²) in [6.45, 7) is 1.05. The summed E-state index contributed by atoms with van der Waals surface area (Å²) >= 11 is 0. The van der Waals surface area contributed by atoms with Gasteiger partial charge in [-0.15, -0.1) is 0 Å². The molecule has 0 saturated carbocycles. The van der Waals surface area contributed by atoms with E-state index in [1.807, 2.05) is 6.07 Å². The van der Waals surface area contributed by atoms with E-state index in [0.29, 0.717) is 30.3 Å². The monoisotopic (exact) mass is 339 g/mol. The molecule has 1 aliphatic heterocycles. The molecular weight excluding hydrogens is 318 g/mol. The van der Waals surface area contributed by atoms with Crippen molar-refractivity contribution in [3.63, 3.8) is 0 Å². The number of nitrogens with one attached hydrogen (secondary N) is 1. The van der Waals surface area contributed by atoms with Gasteiger partial charge in [0.15, 0.2) is 11.5 Å². The summed E-state index contributed by atoms with van der Waals surface area (Å²) in [7, 11) is 1.67. The second-order valence-electron chi connectivity index (χ2n) is 6.34. The number of benzene rings is 2. The Morgan fingerprint density at radius 2 is 1.96 bits per heavy atom. The van der Waals surface area contributed by atoms with Gasteiger partial charge in [0.1, 0.15) is 19.0 Å². The molecule has 1 aliphatic carbocycles. The summed E-state index contributed by atoms with van der Waals surface area (Å²) < 4.78 is 16.4. The lowest BCUT2D eigenvalue weighted by Crippen LogP contribution is -2.31. The van der Waals surface area contributed by atoms with Crippen LogP contribution in [-0.4, -0.2) is 26.2 Å². The number of fused-ring (bicyclic) bond motifs is 2. The molecule has 0 saturated heterocycles. The van der Waals surface area contributed by atoms with Crippen LogP contribution >= 0.6 is 0 Å². The van der Waals surface area contributed by atoms with Crippen molar-refractivity contribution in [1.82, 2.24) is 5.32 Å². The third kappa shape index (κ3) is 3.14. The Morgan fingerprint density at radius 3 is 2.80 bits per heavy atom. The quantitative estimate of drug-likeness (QED) is 0.932. The lowest BCUT2D eigenvalue weighted by molar-refractivity contribution is 0.0931. The lowest BCUT2D eigenvalue weighted by atomic mass is 9.87. The molecule has 4 rings (SSSR count). The van der Waals surface area contributed by atoms with Crippen molar-refractivity contribution in [2.24, 2.45) is 0 Å². The first kappa shape index (κ1) is 15.8. The summed E-state index contributed by atoms with van der Waals surface area (Å²) in [6.07, 6.45) is 3.00. The van der Waals surface area contributed by atoms with Gasteiger partial charge >= 0.3 is 0 Å². The van der Waals surface area contributed by atoms with Crippen molar-refractivity contribution in [3.8, 4) is 17.2 Å². The van der Waals surface area contributed by atoms with Crippen molar-refractivity contribution < 1.29 is 19.0 Å². The summed E-state index contributed by atoms with van der Waals surface area (Å²) in [6, 6.07) is 11.4. The molecule has 25 heavy (non-hydrogen) atoms. The van der Waals surface area contributed by atoms with Crippen LogP contribution < -0.4 is 19.5 Å². The number of aryl methyl sites for hydroxylation is 1. The molecule has 0 fully saturated rings. The van der Waals surface area contributed by atoms with Crippen LogP contribution in [0, 0.1) is 0 Å². The molecule has 0 spiro atoms. The average molecular weight is 339 g/mol. The van der Waals surface area contributed by atoms with Gasteiger partial charge in [0.05, 0.1) is 13.2 Å². The van der Waals surface area contributed by atoms with Crippen LogP contribution in [0.1, 0.15) is 40.4 Å². The van der Waals surface area contributed by atoms with Crippen LogP contribution in [0.2, 0.25) is 0 Å². The van der Waals surface area contributed by atoms with Crippen molar-refractivity contribution in [2.45, 2.75) is 25.3 Å². The second kappa shape index (κ2) is 6.67. The Labute approximate surface area is 146 Å². The zero-order valence-electron chi connectivity index (χ0n) is 14.2. The first-order valence-corrected chi connectivity index (χ1v) is 8.62. The van der Waals surface area contributed by atoms with E-state index in [4.69, 9.17) is 14.2 Å². The highest BCUT2D eigenvalue weighted by Gasteiger charge is 2.23. The summed E-state index contributed by atoms with van der Waals surface area (Å²) in [4.78, 5) is 12.7. The predicted octanol–water partition coefficient (Wildman–Crippen LogP) is 3.27. The number of methoxy groups -OCH3 is 1. The van der Waals surface area contributed by atoms with E-state index in [0.717, 1.165) is 25.0 Å². The van der Waals surface area contributed by atoms with E-state index in [-0.39, 0.29) is 11.9 Å². The van der Waals surface area contributed by atoms with Crippen LogP contribution in [0.5, 0.6) is 17.2 Å². The molecule has 0 radical (unpaired) electrons. The van der Waals surface area contributed by atoms with Gasteiger partial charge in [0.25, 0.3) is 5.91 Å². The zero-order valence-corrected chi connectivity index (χ0v) is 14.2. The van der Waals surface area contributed by atoms with E-state index >= 15 is 0 Å². The Kier molecular flexibility index (Phi) is 4.22. The van der Waals surface area contributed by atoms with Crippen LogP contribution in [0.3, 0.4) is 0 Å². The fraction of sp³-hybridized carbons (Fsp3) is 0.350. The normalized spacial score (nSPS) is 18.2. The Hall–Kier alpha value is -2.69. The predicted molar refractivity (Wildman–Crippen MR) is 93.6 cm³/mol. The molecule has 5 nitrogen and oxygen atoms in total. The molecule has 0 unspecified atom stereocenters. The van der Waals surface area contributed by atoms with E-state index < -0.39 is 0 Å². The first-order chi connectivity index (χ1) is 12.2. The maximum absolute atomic E-state index is 12.7. The summed E-state index contributed by atoms with van der Waals surface area (Å²) in [5.41, 5.74) is 3.01. The molecule has 2 aromatic carbocycles. The molecule has 0 bridgehead atoms. The van der Waals surface area contributed by atoms with Gasteiger partial charge in [-0.05, 0) is 60.7 Å². The molecule has 2 aliphatic rings. The third-order valence-electron chi connectivity index (χ3n) is 4.77. The Balaban J connectivity index is 1.54. The highest BCUT2D eigenvalue weighted by molar-refractivity contribution is 5.95. The van der Waals surface area contributed by atoms with Gasteiger partial charge in [-0.25, -0.2) is 0 Å². The summed E-state index contributed by atoms with van der Waals surface area (Å²) in [5.74, 6) is 2.09. The average Bonchev–Trinajstić information content (AvgIpc) is 2.67. The number of rotatable bonds is 3. The number of hydrogen-bond donors (Lipinski definition) is 1. The molecule has 1 amide bonds. The van der Waals surface area contributed by atoms with Gasteiger partial charge in [-0.3, -0.25) is 4.79 Å². The van der Waals surface area contributed by atoms with Gasteiger partial charge in [-0.1, -0.05) is 6.07 Å². The third-order valence-corrected chi connectivity index (χ3v) is 4.77. The van der Waals surface area contributed by atoms with Crippen LogP contribution in [0.25, 0.3) is 0 Å². The molecular formula is C20H21NO4. The number of amides is 1. The van der Waals surface area contributed by atoms with Crippen LogP contribution in [0.4, 0.5) is 0 Å². The number of carbonyl (C=O) groups excluding carboxylic acids is 1. The maximum Gasteiger partial charge on any atom is 0.251 e. The molecule has 2 aromatic rings. The SMILES string of the molecule is COc1ccc2c(c1)CCC[C@@H]2NC(=O)c1ccc2c(c1)OCCO2. The van der Waals surface area contributed by atoms with Gasteiger partial charge in [-0.2, -0.15) is 0 Å². The van der Waals surface area contributed by atoms with Gasteiger partial charge in [0, 0.05) is 5.56 Å². The first-order valence-electron chi connectivity index (χ1n) is 8.62. The minimum Gasteiger partial charge on any atom is -0.497 e. The fourth-order valence-corrected chi connectivity index (χ4v) is 3.49. The Morgan fingerprint density at radius 1 is 1.12 bits per heavy atom. The topological polar surface area (TPSA) is 56.8 Å². The van der Waals surface area contributed by atoms with E-state index in [9.17, 15) is 4.79 Å². The van der Waals surface area contributed by atoms with E-state index in [1.165, 1.54) is 11.1 Å². The second-order valence-corrected chi connectivity index (χ2v) is 6.34. The number of hydrogen-bond acceptors (Lipinski definition) is 4. The van der Waals surface area contributed by atoms with Crippen molar-refractivity contribution in [3.05, 3.63) is 53.1 Å². The van der Waals surface area contributed by atoms with Crippen molar-refractivity contribution >= 4 is 5.91 Å². The standard InChI is InChI=1S/C20H21NO4/c1-23-15-6-7-16-13(11-15)3-2-4-17(16)21-20(22)14-5-8-18-19(12-14)25-10-9-24-18/h5-8,11-12,17H,2-4,9-10H2,1H3,(H,21,22)/t17-/m0/s1. The van der Waals surface area contributed by atoms with E-state index in [2.05, 4.69) is 17.4 Å². The molecule has 130 valence electrons. The molecule has 0 aromatic heterocycles. The lowest BCUT2D eigenvalue weighted by Gasteiger charge is -2.27. The molecule has 5 heteroatoms. The fourth-order valence-electron chi connectivity index (χ4n) is 3.49. The minimum absolute atomic E-state index is 0.0235.